The zero-order chi connectivity index (χ0) is 22.0. The Balaban J connectivity index is 1.73. The van der Waals surface area contributed by atoms with Crippen molar-refractivity contribution in [1.82, 2.24) is 9.88 Å². The van der Waals surface area contributed by atoms with Crippen LogP contribution in [-0.2, 0) is 17.6 Å². The predicted octanol–water partition coefficient (Wildman–Crippen LogP) is 1.85. The summed E-state index contributed by atoms with van der Waals surface area (Å²) in [6.45, 7) is 0.331. The van der Waals surface area contributed by atoms with Crippen molar-refractivity contribution in [1.29, 1.82) is 0 Å². The minimum Gasteiger partial charge on any atom is -0.493 e. The highest BCUT2D eigenvalue weighted by Gasteiger charge is 2.38. The van der Waals surface area contributed by atoms with E-state index in [1.165, 1.54) is 7.11 Å². The lowest BCUT2D eigenvalue weighted by atomic mass is 9.94. The molecule has 2 N–H and O–H groups in total. The molecule has 1 amide bonds. The largest absolute Gasteiger partial charge is 0.493 e. The van der Waals surface area contributed by atoms with Gasteiger partial charge in [-0.05, 0) is 55.0 Å². The topological polar surface area (TPSA) is 101 Å². The standard InChI is InChI=1S/C23H28N2O6/c1-29-18-8-7-15(12-19(18)30-2)21-20(13-26)31-10-9-25(21)23(28)16-11-14-5-3-4-6-17(14)24-22(16)27/h7-8,11-12,20-21,26H,3-6,9-10,13H2,1-2H3,(H,24,27)/t20-,21-/m1/s1. The summed E-state index contributed by atoms with van der Waals surface area (Å²) in [7, 11) is 3.09. The van der Waals surface area contributed by atoms with Crippen LogP contribution >= 0.6 is 0 Å². The molecule has 1 saturated heterocycles. The molecule has 31 heavy (non-hydrogen) atoms. The van der Waals surface area contributed by atoms with Crippen LogP contribution in [0, 0.1) is 0 Å². The number of rotatable bonds is 5. The molecule has 8 heteroatoms. The molecule has 2 aromatic rings. The zero-order valence-electron chi connectivity index (χ0n) is 17.8. The van der Waals surface area contributed by atoms with E-state index in [1.54, 1.807) is 30.2 Å². The van der Waals surface area contributed by atoms with Crippen LogP contribution in [0.1, 0.15) is 46.1 Å². The van der Waals surface area contributed by atoms with Crippen molar-refractivity contribution >= 4 is 5.91 Å². The van der Waals surface area contributed by atoms with Gasteiger partial charge in [-0.3, -0.25) is 9.59 Å². The molecule has 4 rings (SSSR count). The molecule has 0 bridgehead atoms. The first kappa shape index (κ1) is 21.4. The number of aryl methyl sites for hydroxylation is 2. The SMILES string of the molecule is COc1ccc([C@@H]2[C@@H](CO)OCCN2C(=O)c2cc3c([nH]c2=O)CCCC3)cc1OC. The summed E-state index contributed by atoms with van der Waals surface area (Å²) >= 11 is 0. The number of aromatic nitrogens is 1. The van der Waals surface area contributed by atoms with Crippen LogP contribution in [-0.4, -0.2) is 61.0 Å². The van der Waals surface area contributed by atoms with Crippen molar-refractivity contribution in [3.8, 4) is 11.5 Å². The van der Waals surface area contributed by atoms with Crippen molar-refractivity contribution < 1.29 is 24.1 Å². The first-order valence-corrected chi connectivity index (χ1v) is 10.6. The molecule has 1 aromatic heterocycles. The van der Waals surface area contributed by atoms with Gasteiger partial charge < -0.3 is 29.2 Å². The molecular formula is C23H28N2O6. The molecule has 1 fully saturated rings. The van der Waals surface area contributed by atoms with E-state index in [4.69, 9.17) is 14.2 Å². The summed E-state index contributed by atoms with van der Waals surface area (Å²) in [5, 5.41) is 9.95. The van der Waals surface area contributed by atoms with Gasteiger partial charge in [0.25, 0.3) is 11.5 Å². The summed E-state index contributed by atoms with van der Waals surface area (Å²) in [6, 6.07) is 6.52. The number of pyridine rings is 1. The fourth-order valence-electron chi connectivity index (χ4n) is 4.53. The molecule has 1 aromatic carbocycles. The number of ether oxygens (including phenoxy) is 3. The second kappa shape index (κ2) is 9.11. The number of carbonyl (C=O) groups is 1. The Hall–Kier alpha value is -2.84. The second-order valence-electron chi connectivity index (χ2n) is 7.87. The number of methoxy groups -OCH3 is 2. The van der Waals surface area contributed by atoms with Crippen LogP contribution in [0.4, 0.5) is 0 Å². The maximum Gasteiger partial charge on any atom is 0.261 e. The number of hydrogen-bond acceptors (Lipinski definition) is 6. The van der Waals surface area contributed by atoms with Crippen molar-refractivity contribution in [2.24, 2.45) is 0 Å². The smallest absolute Gasteiger partial charge is 0.261 e. The first-order valence-electron chi connectivity index (χ1n) is 10.6. The monoisotopic (exact) mass is 428 g/mol. The molecule has 0 radical (unpaired) electrons. The summed E-state index contributed by atoms with van der Waals surface area (Å²) < 4.78 is 16.5. The molecule has 8 nitrogen and oxygen atoms in total. The Morgan fingerprint density at radius 3 is 2.71 bits per heavy atom. The lowest BCUT2D eigenvalue weighted by Gasteiger charge is -2.41. The molecule has 2 aliphatic rings. The van der Waals surface area contributed by atoms with E-state index < -0.39 is 12.1 Å². The summed E-state index contributed by atoms with van der Waals surface area (Å²) in [6.07, 6.45) is 3.16. The summed E-state index contributed by atoms with van der Waals surface area (Å²) in [5.41, 5.74) is 2.45. The average Bonchev–Trinajstić information content (AvgIpc) is 2.82. The quantitative estimate of drug-likeness (QED) is 0.754. The number of nitrogens with zero attached hydrogens (tertiary/aromatic N) is 1. The zero-order valence-corrected chi connectivity index (χ0v) is 17.8. The number of nitrogens with one attached hydrogen (secondary N) is 1. The summed E-state index contributed by atoms with van der Waals surface area (Å²) in [4.78, 5) is 30.8. The van der Waals surface area contributed by atoms with Gasteiger partial charge >= 0.3 is 0 Å². The highest BCUT2D eigenvalue weighted by molar-refractivity contribution is 5.94. The lowest BCUT2D eigenvalue weighted by Crippen LogP contribution is -2.50. The van der Waals surface area contributed by atoms with Crippen LogP contribution in [0.3, 0.4) is 0 Å². The van der Waals surface area contributed by atoms with E-state index in [1.807, 2.05) is 6.07 Å². The predicted molar refractivity (Wildman–Crippen MR) is 114 cm³/mol. The van der Waals surface area contributed by atoms with Crippen molar-refractivity contribution in [3.05, 3.63) is 57.0 Å². The molecular weight excluding hydrogens is 400 g/mol. The first-order chi connectivity index (χ1) is 15.1. The highest BCUT2D eigenvalue weighted by Crippen LogP contribution is 2.36. The van der Waals surface area contributed by atoms with Gasteiger partial charge in [0.15, 0.2) is 11.5 Å². The third kappa shape index (κ3) is 4.05. The third-order valence-electron chi connectivity index (χ3n) is 6.11. The van der Waals surface area contributed by atoms with Crippen LogP contribution in [0.2, 0.25) is 0 Å². The Kier molecular flexibility index (Phi) is 6.29. The van der Waals surface area contributed by atoms with Crippen LogP contribution in [0.25, 0.3) is 0 Å². The van der Waals surface area contributed by atoms with E-state index in [9.17, 15) is 14.7 Å². The Labute approximate surface area is 180 Å². The average molecular weight is 428 g/mol. The maximum atomic E-state index is 13.5. The number of aliphatic hydroxyl groups is 1. The number of hydrogen-bond donors (Lipinski definition) is 2. The van der Waals surface area contributed by atoms with Crippen LogP contribution in [0.5, 0.6) is 11.5 Å². The number of H-pyrrole nitrogens is 1. The van der Waals surface area contributed by atoms with Crippen molar-refractivity contribution in [3.63, 3.8) is 0 Å². The van der Waals surface area contributed by atoms with E-state index in [0.29, 0.717) is 18.0 Å². The minimum absolute atomic E-state index is 0.129. The van der Waals surface area contributed by atoms with Gasteiger partial charge in [0.05, 0.1) is 33.5 Å². The van der Waals surface area contributed by atoms with Crippen molar-refractivity contribution in [2.45, 2.75) is 37.8 Å². The lowest BCUT2D eigenvalue weighted by molar-refractivity contribution is -0.0812. The minimum atomic E-state index is -0.618. The van der Waals surface area contributed by atoms with E-state index in [0.717, 1.165) is 42.5 Å². The number of amides is 1. The van der Waals surface area contributed by atoms with E-state index >= 15 is 0 Å². The summed E-state index contributed by atoms with van der Waals surface area (Å²) in [5.74, 6) is 0.713. The highest BCUT2D eigenvalue weighted by atomic mass is 16.5. The molecule has 166 valence electrons. The molecule has 2 heterocycles. The molecule has 1 aliphatic heterocycles. The van der Waals surface area contributed by atoms with E-state index in [2.05, 4.69) is 4.98 Å². The van der Waals surface area contributed by atoms with E-state index in [-0.39, 0.29) is 30.2 Å². The third-order valence-corrected chi connectivity index (χ3v) is 6.11. The second-order valence-corrected chi connectivity index (χ2v) is 7.87. The Bertz CT molecular complexity index is 1020. The van der Waals surface area contributed by atoms with Gasteiger partial charge in [-0.2, -0.15) is 0 Å². The molecule has 2 atom stereocenters. The number of carbonyl (C=O) groups excluding carboxylic acids is 1. The maximum absolute atomic E-state index is 13.5. The molecule has 1 aliphatic carbocycles. The number of benzene rings is 1. The number of aliphatic hydroxyl groups excluding tert-OH is 1. The number of fused-ring (bicyclic) bond motifs is 1. The van der Waals surface area contributed by atoms with Gasteiger partial charge in [0, 0.05) is 12.2 Å². The van der Waals surface area contributed by atoms with Gasteiger partial charge in [-0.1, -0.05) is 6.07 Å². The number of morpholine rings is 1. The molecule has 0 unspecified atom stereocenters. The van der Waals surface area contributed by atoms with Crippen molar-refractivity contribution in [2.75, 3.05) is 34.0 Å². The normalized spacial score (nSPS) is 20.8. The molecule has 0 saturated carbocycles. The Morgan fingerprint density at radius 1 is 1.19 bits per heavy atom. The van der Waals surface area contributed by atoms with Crippen LogP contribution < -0.4 is 15.0 Å². The van der Waals surface area contributed by atoms with Gasteiger partial charge in [-0.15, -0.1) is 0 Å². The molecule has 0 spiro atoms. The van der Waals surface area contributed by atoms with Gasteiger partial charge in [0.2, 0.25) is 0 Å². The fraction of sp³-hybridized carbons (Fsp3) is 0.478. The number of aromatic amines is 1. The van der Waals surface area contributed by atoms with Gasteiger partial charge in [-0.25, -0.2) is 0 Å². The fourth-order valence-corrected chi connectivity index (χ4v) is 4.53. The van der Waals surface area contributed by atoms with Crippen LogP contribution in [0.15, 0.2) is 29.1 Å². The Morgan fingerprint density at radius 2 is 1.97 bits per heavy atom. The van der Waals surface area contributed by atoms with Gasteiger partial charge in [0.1, 0.15) is 11.7 Å².